The molecule has 0 aromatic heterocycles. The standard InChI is InChI=1S/C3H2O5.Mn/c4-1(2(5)6)3(7)8;/h(H,5,6)(H,7,8);. The molecule has 0 aromatic carbocycles. The zero-order chi connectivity index (χ0) is 6.73. The van der Waals surface area contributed by atoms with Crippen LogP contribution in [0.15, 0.2) is 0 Å². The Hall–Kier alpha value is -0.871. The van der Waals surface area contributed by atoms with Crippen molar-refractivity contribution in [3.8, 4) is 0 Å². The van der Waals surface area contributed by atoms with Crippen LogP contribution >= 0.6 is 0 Å². The summed E-state index contributed by atoms with van der Waals surface area (Å²) in [6.45, 7) is 0. The molecule has 0 saturated heterocycles. The third-order valence-corrected chi connectivity index (χ3v) is 0.388. The maximum atomic E-state index is 9.64. The van der Waals surface area contributed by atoms with Crippen molar-refractivity contribution in [3.63, 3.8) is 0 Å². The van der Waals surface area contributed by atoms with Crippen LogP contribution in [-0.4, -0.2) is 27.9 Å². The van der Waals surface area contributed by atoms with Crippen molar-refractivity contribution in [3.05, 3.63) is 0 Å². The Balaban J connectivity index is 0. The number of carbonyl (C=O) groups excluding carboxylic acids is 1. The fourth-order valence-corrected chi connectivity index (χ4v) is 0.0915. The number of hydrogen-bond acceptors (Lipinski definition) is 3. The molecule has 0 spiro atoms. The molecule has 0 saturated carbocycles. The topological polar surface area (TPSA) is 91.7 Å². The second kappa shape index (κ2) is 4.05. The predicted octanol–water partition coefficient (Wildman–Crippen LogP) is -1.28. The van der Waals surface area contributed by atoms with Gasteiger partial charge >= 0.3 is 17.7 Å². The zero-order valence-corrected chi connectivity index (χ0v) is 5.18. The molecule has 0 aliphatic rings. The van der Waals surface area contributed by atoms with Gasteiger partial charge in [-0.3, -0.25) is 4.79 Å². The fourth-order valence-electron chi connectivity index (χ4n) is 0.0915. The molecular weight excluding hydrogens is 171 g/mol. The van der Waals surface area contributed by atoms with E-state index in [1.807, 2.05) is 0 Å². The molecule has 6 heteroatoms. The van der Waals surface area contributed by atoms with Crippen molar-refractivity contribution >= 4 is 17.7 Å². The molecule has 1 radical (unpaired) electrons. The summed E-state index contributed by atoms with van der Waals surface area (Å²) >= 11 is 0. The van der Waals surface area contributed by atoms with Gasteiger partial charge in [-0.1, -0.05) is 0 Å². The first-order valence-corrected chi connectivity index (χ1v) is 1.56. The maximum absolute atomic E-state index is 9.64. The molecule has 0 atom stereocenters. The van der Waals surface area contributed by atoms with E-state index < -0.39 is 17.7 Å². The summed E-state index contributed by atoms with van der Waals surface area (Å²) in [5.41, 5.74) is 0. The second-order valence-electron chi connectivity index (χ2n) is 0.939. The number of carboxylic acid groups (broad SMARTS) is 2. The van der Waals surface area contributed by atoms with Crippen molar-refractivity contribution in [1.29, 1.82) is 0 Å². The number of ketones is 1. The van der Waals surface area contributed by atoms with Gasteiger partial charge in [0.25, 0.3) is 0 Å². The van der Waals surface area contributed by atoms with E-state index in [-0.39, 0.29) is 17.1 Å². The minimum atomic E-state index is -1.95. The minimum Gasteiger partial charge on any atom is -0.475 e. The molecule has 0 heterocycles. The summed E-state index contributed by atoms with van der Waals surface area (Å²) in [6.07, 6.45) is 0. The van der Waals surface area contributed by atoms with Gasteiger partial charge < -0.3 is 10.2 Å². The van der Waals surface area contributed by atoms with Crippen molar-refractivity contribution < 1.29 is 41.7 Å². The number of hydrogen-bond donors (Lipinski definition) is 2. The summed E-state index contributed by atoms with van der Waals surface area (Å²) in [6, 6.07) is 0. The third kappa shape index (κ3) is 3.69. The summed E-state index contributed by atoms with van der Waals surface area (Å²) in [5, 5.41) is 15.2. The monoisotopic (exact) mass is 173 g/mol. The summed E-state index contributed by atoms with van der Waals surface area (Å²) in [5.74, 6) is -5.71. The third-order valence-electron chi connectivity index (χ3n) is 0.388. The second-order valence-corrected chi connectivity index (χ2v) is 0.939. The Morgan fingerprint density at radius 1 is 0.889 bits per heavy atom. The zero-order valence-electron chi connectivity index (χ0n) is 4.00. The number of aliphatic carboxylic acids is 2. The Kier molecular flexibility index (Phi) is 4.95. The molecule has 0 aromatic rings. The normalized spacial score (nSPS) is 7.11. The molecule has 0 unspecified atom stereocenters. The summed E-state index contributed by atoms with van der Waals surface area (Å²) in [4.78, 5) is 28.5. The van der Waals surface area contributed by atoms with Gasteiger partial charge in [0.1, 0.15) is 0 Å². The van der Waals surface area contributed by atoms with E-state index in [9.17, 15) is 14.4 Å². The molecule has 5 nitrogen and oxygen atoms in total. The molecule has 9 heavy (non-hydrogen) atoms. The van der Waals surface area contributed by atoms with Crippen LogP contribution in [0.1, 0.15) is 0 Å². The number of carboxylic acids is 2. The summed E-state index contributed by atoms with van der Waals surface area (Å²) in [7, 11) is 0. The van der Waals surface area contributed by atoms with Gasteiger partial charge in [-0.05, 0) is 0 Å². The van der Waals surface area contributed by atoms with E-state index in [1.165, 1.54) is 0 Å². The molecule has 0 aliphatic heterocycles. The molecule has 0 amide bonds. The van der Waals surface area contributed by atoms with Crippen molar-refractivity contribution in [2.24, 2.45) is 0 Å². The van der Waals surface area contributed by atoms with Crippen LogP contribution < -0.4 is 0 Å². The van der Waals surface area contributed by atoms with Gasteiger partial charge in [-0.15, -0.1) is 0 Å². The molecule has 0 aliphatic carbocycles. The van der Waals surface area contributed by atoms with Gasteiger partial charge in [-0.25, -0.2) is 9.59 Å². The minimum absolute atomic E-state index is 0. The van der Waals surface area contributed by atoms with Crippen molar-refractivity contribution in [2.45, 2.75) is 0 Å². The first-order chi connectivity index (χ1) is 3.55. The average molecular weight is 173 g/mol. The quantitative estimate of drug-likeness (QED) is 0.308. The van der Waals surface area contributed by atoms with Crippen molar-refractivity contribution in [2.75, 3.05) is 0 Å². The SMILES string of the molecule is O=C(O)C(=O)C(=O)O.[Mn]. The first-order valence-electron chi connectivity index (χ1n) is 1.56. The summed E-state index contributed by atoms with van der Waals surface area (Å²) < 4.78 is 0. The predicted molar refractivity (Wildman–Crippen MR) is 20.3 cm³/mol. The fraction of sp³-hybridized carbons (Fsp3) is 0. The smallest absolute Gasteiger partial charge is 0.384 e. The largest absolute Gasteiger partial charge is 0.475 e. The van der Waals surface area contributed by atoms with E-state index in [0.29, 0.717) is 0 Å². The maximum Gasteiger partial charge on any atom is 0.384 e. The van der Waals surface area contributed by atoms with E-state index in [0.717, 1.165) is 0 Å². The number of carbonyl (C=O) groups is 3. The Morgan fingerprint density at radius 2 is 1.11 bits per heavy atom. The van der Waals surface area contributed by atoms with Crippen LogP contribution in [0, 0.1) is 0 Å². The van der Waals surface area contributed by atoms with Gasteiger partial charge in [0.05, 0.1) is 0 Å². The Morgan fingerprint density at radius 3 is 1.11 bits per heavy atom. The molecule has 0 bridgehead atoms. The van der Waals surface area contributed by atoms with E-state index in [2.05, 4.69) is 0 Å². The Labute approximate surface area is 60.1 Å². The molecule has 2 N–H and O–H groups in total. The van der Waals surface area contributed by atoms with Crippen LogP contribution in [0.5, 0.6) is 0 Å². The number of Topliss-reactive ketones (excluding diaryl/α,β-unsaturated/α-hetero) is 1. The van der Waals surface area contributed by atoms with Gasteiger partial charge in [-0.2, -0.15) is 0 Å². The molecule has 0 rings (SSSR count). The van der Waals surface area contributed by atoms with Gasteiger partial charge in [0.2, 0.25) is 0 Å². The van der Waals surface area contributed by atoms with Crippen LogP contribution in [0.3, 0.4) is 0 Å². The van der Waals surface area contributed by atoms with Crippen LogP contribution in [0.4, 0.5) is 0 Å². The molecule has 51 valence electrons. The average Bonchev–Trinajstić information content (AvgIpc) is 1.64. The van der Waals surface area contributed by atoms with Crippen LogP contribution in [0.2, 0.25) is 0 Å². The van der Waals surface area contributed by atoms with Crippen LogP contribution in [0.25, 0.3) is 0 Å². The van der Waals surface area contributed by atoms with E-state index in [4.69, 9.17) is 10.2 Å². The Bertz CT molecular complexity index is 134. The van der Waals surface area contributed by atoms with E-state index >= 15 is 0 Å². The van der Waals surface area contributed by atoms with Crippen molar-refractivity contribution in [1.82, 2.24) is 0 Å². The van der Waals surface area contributed by atoms with Crippen LogP contribution in [-0.2, 0) is 31.5 Å². The van der Waals surface area contributed by atoms with Gasteiger partial charge in [0.15, 0.2) is 0 Å². The molecule has 0 fully saturated rings. The van der Waals surface area contributed by atoms with Gasteiger partial charge in [0, 0.05) is 17.1 Å². The molecular formula is C3H2MnO5. The number of rotatable bonds is 2. The van der Waals surface area contributed by atoms with E-state index in [1.54, 1.807) is 0 Å². The first kappa shape index (κ1) is 11.0.